The molecular weight excluding hydrogens is 406 g/mol. The third-order valence-electron chi connectivity index (χ3n) is 4.75. The molecule has 0 aliphatic heterocycles. The molecule has 4 rings (SSSR count). The Hall–Kier alpha value is -3.09. The van der Waals surface area contributed by atoms with E-state index in [1.54, 1.807) is 0 Å². The minimum atomic E-state index is -0.560. The summed E-state index contributed by atoms with van der Waals surface area (Å²) in [6, 6.07) is 20.0. The number of H-pyrrole nitrogens is 1. The number of benzene rings is 3. The van der Waals surface area contributed by atoms with E-state index in [1.807, 2.05) is 54.6 Å². The maximum atomic E-state index is 14.6. The molecule has 4 aromatic rings. The van der Waals surface area contributed by atoms with Crippen molar-refractivity contribution < 1.29 is 8.78 Å². The first kappa shape index (κ1) is 21.6. The fourth-order valence-corrected chi connectivity index (χ4v) is 3.22. The summed E-state index contributed by atoms with van der Waals surface area (Å²) in [5, 5.41) is 9.82. The molecule has 0 atom stereocenters. The van der Waals surface area contributed by atoms with Gasteiger partial charge < -0.3 is 5.32 Å². The lowest BCUT2D eigenvalue weighted by Gasteiger charge is -2.10. The molecule has 154 valence electrons. The third kappa shape index (κ3) is 5.09. The van der Waals surface area contributed by atoms with Gasteiger partial charge in [0, 0.05) is 17.7 Å². The first-order chi connectivity index (χ1) is 14.2. The standard InChI is InChI=1S/C23H20F2N4.ClH/c24-21-12-19(17-7-4-8-18(11-17)23-27-15-28-29-23)13-22(25)20(21)14-26-10-9-16-5-2-1-3-6-16;/h1-8,11-13,15,26H,9-10,14H2,(H,27,28,29);1H. The van der Waals surface area contributed by atoms with Gasteiger partial charge in [-0.05, 0) is 47.9 Å². The number of nitrogens with zero attached hydrogens (tertiary/aromatic N) is 2. The number of aromatic amines is 1. The molecule has 4 nitrogen and oxygen atoms in total. The number of hydrogen-bond donors (Lipinski definition) is 2. The molecular formula is C23H21ClF2N4. The Morgan fingerprint density at radius 1 is 0.833 bits per heavy atom. The van der Waals surface area contributed by atoms with E-state index in [4.69, 9.17) is 0 Å². The molecule has 2 N–H and O–H groups in total. The summed E-state index contributed by atoms with van der Waals surface area (Å²) in [5.41, 5.74) is 3.19. The lowest BCUT2D eigenvalue weighted by molar-refractivity contribution is 0.537. The summed E-state index contributed by atoms with van der Waals surface area (Å²) in [6.07, 6.45) is 2.29. The van der Waals surface area contributed by atoms with Crippen molar-refractivity contribution in [3.05, 3.63) is 95.8 Å². The molecule has 0 bridgehead atoms. The summed E-state index contributed by atoms with van der Waals surface area (Å²) in [6.45, 7) is 0.783. The lowest BCUT2D eigenvalue weighted by Crippen LogP contribution is -2.18. The van der Waals surface area contributed by atoms with E-state index >= 15 is 0 Å². The van der Waals surface area contributed by atoms with Crippen molar-refractivity contribution in [3.8, 4) is 22.5 Å². The quantitative estimate of drug-likeness (QED) is 0.401. The maximum absolute atomic E-state index is 14.6. The second-order valence-corrected chi connectivity index (χ2v) is 6.73. The molecule has 0 aliphatic carbocycles. The van der Waals surface area contributed by atoms with Crippen LogP contribution in [0.5, 0.6) is 0 Å². The van der Waals surface area contributed by atoms with E-state index in [-0.39, 0.29) is 24.5 Å². The van der Waals surface area contributed by atoms with Crippen molar-refractivity contribution in [1.29, 1.82) is 0 Å². The minimum Gasteiger partial charge on any atom is -0.312 e. The van der Waals surface area contributed by atoms with E-state index in [0.717, 1.165) is 12.0 Å². The van der Waals surface area contributed by atoms with Gasteiger partial charge in [-0.25, -0.2) is 13.8 Å². The Kier molecular flexibility index (Phi) is 7.27. The van der Waals surface area contributed by atoms with Gasteiger partial charge in [0.05, 0.1) is 0 Å². The van der Waals surface area contributed by atoms with Crippen LogP contribution in [0.15, 0.2) is 73.1 Å². The van der Waals surface area contributed by atoms with Crippen LogP contribution in [0, 0.1) is 11.6 Å². The second-order valence-electron chi connectivity index (χ2n) is 6.73. The second kappa shape index (κ2) is 10.1. The number of nitrogens with one attached hydrogen (secondary N) is 2. The molecule has 1 heterocycles. The van der Waals surface area contributed by atoms with Gasteiger partial charge >= 0.3 is 0 Å². The molecule has 30 heavy (non-hydrogen) atoms. The number of hydrogen-bond acceptors (Lipinski definition) is 3. The van der Waals surface area contributed by atoms with Crippen LogP contribution in [0.4, 0.5) is 8.78 Å². The molecule has 3 aromatic carbocycles. The first-order valence-corrected chi connectivity index (χ1v) is 9.40. The van der Waals surface area contributed by atoms with Crippen molar-refractivity contribution in [1.82, 2.24) is 20.5 Å². The highest BCUT2D eigenvalue weighted by atomic mass is 35.5. The number of rotatable bonds is 7. The van der Waals surface area contributed by atoms with Crippen molar-refractivity contribution in [2.24, 2.45) is 0 Å². The Morgan fingerprint density at radius 2 is 1.57 bits per heavy atom. The van der Waals surface area contributed by atoms with Gasteiger partial charge in [0.1, 0.15) is 18.0 Å². The van der Waals surface area contributed by atoms with E-state index in [0.29, 0.717) is 23.5 Å². The fourth-order valence-electron chi connectivity index (χ4n) is 3.22. The Morgan fingerprint density at radius 3 is 2.27 bits per heavy atom. The third-order valence-corrected chi connectivity index (χ3v) is 4.75. The van der Waals surface area contributed by atoms with Crippen LogP contribution in [0.3, 0.4) is 0 Å². The highest BCUT2D eigenvalue weighted by molar-refractivity contribution is 5.85. The van der Waals surface area contributed by atoms with Crippen LogP contribution in [0.1, 0.15) is 11.1 Å². The molecule has 0 saturated heterocycles. The topological polar surface area (TPSA) is 53.6 Å². The normalized spacial score (nSPS) is 10.6. The van der Waals surface area contributed by atoms with E-state index < -0.39 is 11.6 Å². The fraction of sp³-hybridized carbons (Fsp3) is 0.130. The van der Waals surface area contributed by atoms with Crippen molar-refractivity contribution >= 4 is 12.4 Å². The maximum Gasteiger partial charge on any atom is 0.180 e. The smallest absolute Gasteiger partial charge is 0.180 e. The lowest BCUT2D eigenvalue weighted by atomic mass is 10.0. The van der Waals surface area contributed by atoms with Crippen molar-refractivity contribution in [2.45, 2.75) is 13.0 Å². The number of halogens is 3. The monoisotopic (exact) mass is 426 g/mol. The minimum absolute atomic E-state index is 0. The van der Waals surface area contributed by atoms with Gasteiger partial charge in [-0.3, -0.25) is 5.10 Å². The molecule has 7 heteroatoms. The summed E-state index contributed by atoms with van der Waals surface area (Å²) in [4.78, 5) is 4.11. The zero-order valence-electron chi connectivity index (χ0n) is 16.1. The molecule has 0 spiro atoms. The molecule has 0 saturated carbocycles. The predicted molar refractivity (Wildman–Crippen MR) is 116 cm³/mol. The highest BCUT2D eigenvalue weighted by Gasteiger charge is 2.13. The Bertz CT molecular complexity index is 1060. The number of aromatic nitrogens is 3. The Labute approximate surface area is 179 Å². The van der Waals surface area contributed by atoms with Crippen LogP contribution < -0.4 is 5.32 Å². The molecule has 0 unspecified atom stereocenters. The summed E-state index contributed by atoms with van der Waals surface area (Å²) in [7, 11) is 0. The average Bonchev–Trinajstić information content (AvgIpc) is 3.28. The SMILES string of the molecule is Cl.Fc1cc(-c2cccc(-c3nc[nH]n3)c2)cc(F)c1CNCCc1ccccc1. The molecule has 0 aliphatic rings. The van der Waals surface area contributed by atoms with Gasteiger partial charge in [0.2, 0.25) is 0 Å². The van der Waals surface area contributed by atoms with Crippen LogP contribution in [0.2, 0.25) is 0 Å². The van der Waals surface area contributed by atoms with Gasteiger partial charge in [0.15, 0.2) is 5.82 Å². The van der Waals surface area contributed by atoms with Crippen molar-refractivity contribution in [2.75, 3.05) is 6.54 Å². The molecule has 0 amide bonds. The summed E-state index contributed by atoms with van der Waals surface area (Å²) >= 11 is 0. The van der Waals surface area contributed by atoms with E-state index in [1.165, 1.54) is 24.0 Å². The highest BCUT2D eigenvalue weighted by Crippen LogP contribution is 2.27. The van der Waals surface area contributed by atoms with Crippen LogP contribution in [0.25, 0.3) is 22.5 Å². The largest absolute Gasteiger partial charge is 0.312 e. The zero-order valence-corrected chi connectivity index (χ0v) is 16.9. The van der Waals surface area contributed by atoms with Gasteiger partial charge in [0.25, 0.3) is 0 Å². The van der Waals surface area contributed by atoms with E-state index in [2.05, 4.69) is 20.5 Å². The van der Waals surface area contributed by atoms with Crippen molar-refractivity contribution in [3.63, 3.8) is 0 Å². The predicted octanol–water partition coefficient (Wildman–Crippen LogP) is 5.17. The summed E-state index contributed by atoms with van der Waals surface area (Å²) in [5.74, 6) is -0.585. The zero-order chi connectivity index (χ0) is 20.1. The van der Waals surface area contributed by atoms with Gasteiger partial charge in [-0.15, -0.1) is 12.4 Å². The van der Waals surface area contributed by atoms with E-state index in [9.17, 15) is 8.78 Å². The average molecular weight is 427 g/mol. The molecule has 1 aromatic heterocycles. The first-order valence-electron chi connectivity index (χ1n) is 9.40. The van der Waals surface area contributed by atoms with Crippen LogP contribution in [-0.4, -0.2) is 21.7 Å². The van der Waals surface area contributed by atoms with Crippen LogP contribution in [-0.2, 0) is 13.0 Å². The van der Waals surface area contributed by atoms with Gasteiger partial charge in [-0.1, -0.05) is 48.5 Å². The van der Waals surface area contributed by atoms with Gasteiger partial charge in [-0.2, -0.15) is 5.10 Å². The molecule has 0 fully saturated rings. The molecule has 0 radical (unpaired) electrons. The van der Waals surface area contributed by atoms with Crippen LogP contribution >= 0.6 is 12.4 Å². The Balaban J connectivity index is 0.00000256. The summed E-state index contributed by atoms with van der Waals surface area (Å²) < 4.78 is 29.2.